The number of hydrogen-bond acceptors (Lipinski definition) is 5. The van der Waals surface area contributed by atoms with Gasteiger partial charge in [0, 0.05) is 18.9 Å². The molecule has 0 aliphatic rings. The fourth-order valence-electron chi connectivity index (χ4n) is 1.54. The van der Waals surface area contributed by atoms with Crippen LogP contribution in [0.3, 0.4) is 0 Å². The van der Waals surface area contributed by atoms with E-state index in [1.165, 1.54) is 0 Å². The molecule has 2 aromatic rings. The summed E-state index contributed by atoms with van der Waals surface area (Å²) in [6.07, 6.45) is 2.27. The molecule has 0 bridgehead atoms. The van der Waals surface area contributed by atoms with Gasteiger partial charge in [0.05, 0.1) is 0 Å². The summed E-state index contributed by atoms with van der Waals surface area (Å²) in [6, 6.07) is 11.0. The number of nitrogen functional groups attached to an aromatic ring is 1. The van der Waals surface area contributed by atoms with Crippen molar-refractivity contribution in [3.8, 4) is 11.5 Å². The normalized spacial score (nSPS) is 10.1. The zero-order chi connectivity index (χ0) is 12.8. The van der Waals surface area contributed by atoms with Gasteiger partial charge in [-0.25, -0.2) is 10.8 Å². The molecule has 0 aliphatic heterocycles. The number of ether oxygens (including phenoxy) is 1. The number of pyridine rings is 1. The Kier molecular flexibility index (Phi) is 4.11. The number of rotatable bonds is 5. The van der Waals surface area contributed by atoms with Crippen molar-refractivity contribution in [1.29, 1.82) is 0 Å². The van der Waals surface area contributed by atoms with Crippen molar-refractivity contribution in [2.75, 3.05) is 12.0 Å². The molecule has 0 amide bonds. The minimum Gasteiger partial charge on any atom is -0.457 e. The van der Waals surface area contributed by atoms with Crippen molar-refractivity contribution >= 4 is 5.82 Å². The third-order valence-corrected chi connectivity index (χ3v) is 2.44. The maximum absolute atomic E-state index is 8.82. The van der Waals surface area contributed by atoms with Gasteiger partial charge in [-0.15, -0.1) is 0 Å². The summed E-state index contributed by atoms with van der Waals surface area (Å²) in [5.41, 5.74) is 3.53. The lowest BCUT2D eigenvalue weighted by Crippen LogP contribution is -2.08. The molecule has 1 heterocycles. The maximum atomic E-state index is 8.82. The smallest absolute Gasteiger partial charge is 0.143 e. The minimum absolute atomic E-state index is 0.149. The van der Waals surface area contributed by atoms with Crippen LogP contribution >= 0.6 is 0 Å². The molecule has 5 nitrogen and oxygen atoms in total. The van der Waals surface area contributed by atoms with Gasteiger partial charge in [-0.05, 0) is 30.2 Å². The van der Waals surface area contributed by atoms with Gasteiger partial charge in [-0.2, -0.15) is 0 Å². The molecule has 0 saturated carbocycles. The Labute approximate surface area is 105 Å². The van der Waals surface area contributed by atoms with Crippen LogP contribution in [0.1, 0.15) is 5.56 Å². The lowest BCUT2D eigenvalue weighted by atomic mass is 10.1. The number of nitrogens with zero attached hydrogens (tertiary/aromatic N) is 1. The molecule has 1 aromatic heterocycles. The van der Waals surface area contributed by atoms with Crippen molar-refractivity contribution in [3.63, 3.8) is 0 Å². The molecule has 0 fully saturated rings. The van der Waals surface area contributed by atoms with Crippen molar-refractivity contribution in [2.24, 2.45) is 5.84 Å². The van der Waals surface area contributed by atoms with Gasteiger partial charge in [0.15, 0.2) is 0 Å². The minimum atomic E-state index is 0.149. The Morgan fingerprint density at radius 2 is 1.94 bits per heavy atom. The predicted octanol–water partition coefficient (Wildman–Crippen LogP) is 1.69. The highest BCUT2D eigenvalue weighted by Crippen LogP contribution is 2.22. The zero-order valence-corrected chi connectivity index (χ0v) is 9.84. The van der Waals surface area contributed by atoms with Crippen molar-refractivity contribution in [3.05, 3.63) is 48.2 Å². The van der Waals surface area contributed by atoms with E-state index < -0.39 is 0 Å². The predicted molar refractivity (Wildman–Crippen MR) is 69.4 cm³/mol. The topological polar surface area (TPSA) is 80.4 Å². The molecule has 0 unspecified atom stereocenters. The number of aromatic nitrogens is 1. The summed E-state index contributed by atoms with van der Waals surface area (Å²) < 4.78 is 5.66. The van der Waals surface area contributed by atoms with Crippen LogP contribution in [-0.4, -0.2) is 16.7 Å². The van der Waals surface area contributed by atoms with E-state index in [1.807, 2.05) is 24.3 Å². The van der Waals surface area contributed by atoms with Crippen LogP contribution < -0.4 is 16.0 Å². The molecule has 0 radical (unpaired) electrons. The third kappa shape index (κ3) is 3.19. The summed E-state index contributed by atoms with van der Waals surface area (Å²) in [4.78, 5) is 3.99. The quantitative estimate of drug-likeness (QED) is 0.552. The second kappa shape index (κ2) is 6.00. The lowest BCUT2D eigenvalue weighted by Gasteiger charge is -2.07. The van der Waals surface area contributed by atoms with Gasteiger partial charge in [-0.1, -0.05) is 12.1 Å². The number of aliphatic hydroxyl groups is 1. The highest BCUT2D eigenvalue weighted by Gasteiger charge is 1.99. The molecular weight excluding hydrogens is 230 g/mol. The van der Waals surface area contributed by atoms with Crippen molar-refractivity contribution in [1.82, 2.24) is 4.98 Å². The first-order valence-corrected chi connectivity index (χ1v) is 5.62. The number of anilines is 1. The number of nitrogens with one attached hydrogen (secondary N) is 1. The second-order valence-electron chi connectivity index (χ2n) is 3.74. The lowest BCUT2D eigenvalue weighted by molar-refractivity contribution is 0.299. The first-order valence-electron chi connectivity index (χ1n) is 5.62. The fourth-order valence-corrected chi connectivity index (χ4v) is 1.54. The monoisotopic (exact) mass is 245 g/mol. The highest BCUT2D eigenvalue weighted by molar-refractivity contribution is 5.41. The third-order valence-electron chi connectivity index (χ3n) is 2.44. The van der Waals surface area contributed by atoms with E-state index in [2.05, 4.69) is 10.4 Å². The van der Waals surface area contributed by atoms with Gasteiger partial charge >= 0.3 is 0 Å². The van der Waals surface area contributed by atoms with Crippen molar-refractivity contribution < 1.29 is 9.84 Å². The largest absolute Gasteiger partial charge is 0.457 e. The zero-order valence-electron chi connectivity index (χ0n) is 9.84. The molecule has 0 spiro atoms. The van der Waals surface area contributed by atoms with Gasteiger partial charge in [0.1, 0.15) is 17.3 Å². The van der Waals surface area contributed by atoms with Crippen LogP contribution in [-0.2, 0) is 6.42 Å². The van der Waals surface area contributed by atoms with E-state index in [0.717, 1.165) is 11.3 Å². The SMILES string of the molecule is NNc1cc(Oc2ccc(CCO)cc2)ccn1. The van der Waals surface area contributed by atoms with Crippen LogP contribution in [0.15, 0.2) is 42.6 Å². The first kappa shape index (κ1) is 12.3. The van der Waals surface area contributed by atoms with Crippen LogP contribution in [0.25, 0.3) is 0 Å². The summed E-state index contributed by atoms with van der Waals surface area (Å²) in [7, 11) is 0. The Hall–Kier alpha value is -2.11. The average molecular weight is 245 g/mol. The van der Waals surface area contributed by atoms with Gasteiger partial charge in [-0.3, -0.25) is 0 Å². The van der Waals surface area contributed by atoms with E-state index in [1.54, 1.807) is 18.3 Å². The highest BCUT2D eigenvalue weighted by atomic mass is 16.5. The maximum Gasteiger partial charge on any atom is 0.143 e. The van der Waals surface area contributed by atoms with Crippen LogP contribution in [0, 0.1) is 0 Å². The molecule has 1 aromatic carbocycles. The number of hydrazine groups is 1. The Morgan fingerprint density at radius 3 is 2.61 bits per heavy atom. The molecule has 5 heteroatoms. The number of hydrogen-bond donors (Lipinski definition) is 3. The second-order valence-corrected chi connectivity index (χ2v) is 3.74. The molecule has 18 heavy (non-hydrogen) atoms. The van der Waals surface area contributed by atoms with Crippen LogP contribution in [0.5, 0.6) is 11.5 Å². The summed E-state index contributed by atoms with van der Waals surface area (Å²) in [5.74, 6) is 7.21. The van der Waals surface area contributed by atoms with Gasteiger partial charge < -0.3 is 15.3 Å². The van der Waals surface area contributed by atoms with E-state index in [-0.39, 0.29) is 6.61 Å². The standard InChI is InChI=1S/C13H15N3O2/c14-16-13-9-12(5-7-15-13)18-11-3-1-10(2-4-11)6-8-17/h1-5,7,9,17H,6,8,14H2,(H,15,16). The van der Waals surface area contributed by atoms with E-state index in [0.29, 0.717) is 18.0 Å². The molecular formula is C13H15N3O2. The van der Waals surface area contributed by atoms with E-state index in [4.69, 9.17) is 15.7 Å². The Morgan fingerprint density at radius 1 is 1.17 bits per heavy atom. The molecule has 0 saturated heterocycles. The Bertz CT molecular complexity index is 500. The number of nitrogens with two attached hydrogens (primary N) is 1. The molecule has 2 rings (SSSR count). The van der Waals surface area contributed by atoms with Crippen LogP contribution in [0.4, 0.5) is 5.82 Å². The summed E-state index contributed by atoms with van der Waals surface area (Å²) >= 11 is 0. The average Bonchev–Trinajstić information content (AvgIpc) is 2.42. The van der Waals surface area contributed by atoms with Crippen molar-refractivity contribution in [2.45, 2.75) is 6.42 Å². The molecule has 4 N–H and O–H groups in total. The van der Waals surface area contributed by atoms with E-state index >= 15 is 0 Å². The van der Waals surface area contributed by atoms with Gasteiger partial charge in [0.25, 0.3) is 0 Å². The van der Waals surface area contributed by atoms with Gasteiger partial charge in [0.2, 0.25) is 0 Å². The fraction of sp³-hybridized carbons (Fsp3) is 0.154. The summed E-state index contributed by atoms with van der Waals surface area (Å²) in [5, 5.41) is 8.82. The Balaban J connectivity index is 2.08. The van der Waals surface area contributed by atoms with Crippen LogP contribution in [0.2, 0.25) is 0 Å². The molecule has 0 aliphatic carbocycles. The molecule has 94 valence electrons. The first-order chi connectivity index (χ1) is 8.81. The number of benzene rings is 1. The molecule has 0 atom stereocenters. The summed E-state index contributed by atoms with van der Waals surface area (Å²) in [6.45, 7) is 0.149. The number of aliphatic hydroxyl groups excluding tert-OH is 1. The van der Waals surface area contributed by atoms with E-state index in [9.17, 15) is 0 Å².